The average Bonchev–Trinajstić information content (AvgIpc) is 3.59. The molecule has 194 valence electrons. The van der Waals surface area contributed by atoms with Crippen molar-refractivity contribution in [2.75, 3.05) is 12.0 Å². The number of ether oxygens (including phenoxy) is 2. The first-order valence-corrected chi connectivity index (χ1v) is 13.7. The van der Waals surface area contributed by atoms with Crippen molar-refractivity contribution in [3.05, 3.63) is 103 Å². The smallest absolute Gasteiger partial charge is 0.174 e. The molecule has 1 aliphatic heterocycles. The molecule has 2 atom stereocenters. The quantitative estimate of drug-likeness (QED) is 0.255. The summed E-state index contributed by atoms with van der Waals surface area (Å²) in [6.45, 7) is 0. The Balaban J connectivity index is 1.33. The minimum atomic E-state index is -0.0591. The first-order valence-electron chi connectivity index (χ1n) is 13.3. The Kier molecular flexibility index (Phi) is 7.01. The van der Waals surface area contributed by atoms with Crippen LogP contribution in [0.5, 0.6) is 17.2 Å². The molecule has 0 amide bonds. The Labute approximate surface area is 229 Å². The number of pyridine rings is 1. The third-order valence-corrected chi connectivity index (χ3v) is 7.91. The molecule has 0 spiro atoms. The lowest BCUT2D eigenvalue weighted by Crippen LogP contribution is -2.31. The molecule has 2 unspecified atom stereocenters. The molecule has 1 aliphatic carbocycles. The zero-order valence-electron chi connectivity index (χ0n) is 21.5. The summed E-state index contributed by atoms with van der Waals surface area (Å²) in [5, 5.41) is 4.29. The van der Waals surface area contributed by atoms with E-state index in [-0.39, 0.29) is 12.1 Å². The van der Waals surface area contributed by atoms with E-state index in [2.05, 4.69) is 51.3 Å². The van der Waals surface area contributed by atoms with Crippen molar-refractivity contribution >= 4 is 23.0 Å². The van der Waals surface area contributed by atoms with Gasteiger partial charge in [-0.05, 0) is 97.9 Å². The third kappa shape index (κ3) is 4.86. The first-order chi connectivity index (χ1) is 18.7. The van der Waals surface area contributed by atoms with E-state index in [1.807, 2.05) is 54.7 Å². The van der Waals surface area contributed by atoms with Gasteiger partial charge in [0.05, 0.1) is 18.8 Å². The fourth-order valence-corrected chi connectivity index (χ4v) is 6.08. The van der Waals surface area contributed by atoms with Gasteiger partial charge in [0.25, 0.3) is 0 Å². The lowest BCUT2D eigenvalue weighted by molar-refractivity contribution is 0.340. The van der Waals surface area contributed by atoms with Gasteiger partial charge in [0, 0.05) is 29.8 Å². The summed E-state index contributed by atoms with van der Waals surface area (Å²) in [7, 11) is 1.66. The lowest BCUT2D eigenvalue weighted by atomic mass is 9.94. The Morgan fingerprint density at radius 2 is 1.55 bits per heavy atom. The molecule has 0 radical (unpaired) electrons. The zero-order chi connectivity index (χ0) is 25.9. The number of aromatic nitrogens is 2. The maximum Gasteiger partial charge on any atom is 0.174 e. The predicted molar refractivity (Wildman–Crippen MR) is 154 cm³/mol. The van der Waals surface area contributed by atoms with Gasteiger partial charge in [-0.15, -0.1) is 0 Å². The van der Waals surface area contributed by atoms with Crippen LogP contribution >= 0.6 is 12.2 Å². The molecule has 0 bridgehead atoms. The number of rotatable bonds is 7. The van der Waals surface area contributed by atoms with Crippen LogP contribution in [-0.4, -0.2) is 21.8 Å². The SMILES string of the molecule is COc1ccc(Oc2ccc(N3C(=S)NC(c4ccccn4)C3c3cccn3C3CCCCC3)cc2)cc1. The molecule has 1 saturated heterocycles. The Morgan fingerprint density at radius 1 is 0.842 bits per heavy atom. The molecular formula is C31H32N4O2S. The van der Waals surface area contributed by atoms with Gasteiger partial charge in [0.15, 0.2) is 5.11 Å². The van der Waals surface area contributed by atoms with Crippen molar-refractivity contribution in [2.45, 2.75) is 50.2 Å². The van der Waals surface area contributed by atoms with Gasteiger partial charge in [-0.3, -0.25) is 4.98 Å². The van der Waals surface area contributed by atoms with E-state index in [0.29, 0.717) is 11.2 Å². The highest BCUT2D eigenvalue weighted by atomic mass is 32.1. The highest BCUT2D eigenvalue weighted by Gasteiger charge is 2.42. The summed E-state index contributed by atoms with van der Waals surface area (Å²) < 4.78 is 13.8. The van der Waals surface area contributed by atoms with Crippen molar-refractivity contribution in [2.24, 2.45) is 0 Å². The zero-order valence-corrected chi connectivity index (χ0v) is 22.3. The number of hydrogen-bond acceptors (Lipinski definition) is 4. The molecule has 6 nitrogen and oxygen atoms in total. The van der Waals surface area contributed by atoms with Crippen molar-refractivity contribution in [3.63, 3.8) is 0 Å². The van der Waals surface area contributed by atoms with Gasteiger partial charge in [-0.2, -0.15) is 0 Å². The molecule has 7 heteroatoms. The van der Waals surface area contributed by atoms with E-state index in [4.69, 9.17) is 26.7 Å². The number of nitrogens with zero attached hydrogens (tertiary/aromatic N) is 3. The van der Waals surface area contributed by atoms with Gasteiger partial charge in [-0.25, -0.2) is 0 Å². The normalized spacial score (nSPS) is 19.8. The third-order valence-electron chi connectivity index (χ3n) is 7.59. The average molecular weight is 525 g/mol. The standard InChI is InChI=1S/C31H32N4O2S/c1-36-24-16-18-26(19-17-24)37-25-14-12-23(13-15-25)35-30(29(33-31(35)38)27-10-5-6-20-32-27)28-11-7-21-34(28)22-8-3-2-4-9-22/h5-7,10-22,29-30H,2-4,8-9H2,1H3,(H,33,38). The van der Waals surface area contributed by atoms with Gasteiger partial charge in [0.2, 0.25) is 0 Å². The van der Waals surface area contributed by atoms with Crippen LogP contribution in [0.15, 0.2) is 91.3 Å². The molecule has 2 aromatic heterocycles. The van der Waals surface area contributed by atoms with Gasteiger partial charge in [-0.1, -0.05) is 25.3 Å². The Morgan fingerprint density at radius 3 is 2.24 bits per heavy atom. The second kappa shape index (κ2) is 10.9. The monoisotopic (exact) mass is 524 g/mol. The van der Waals surface area contributed by atoms with Crippen LogP contribution in [0.25, 0.3) is 0 Å². The second-order valence-electron chi connectivity index (χ2n) is 9.90. The molecule has 38 heavy (non-hydrogen) atoms. The fraction of sp³-hybridized carbons (Fsp3) is 0.290. The van der Waals surface area contributed by atoms with E-state index in [1.165, 1.54) is 37.8 Å². The van der Waals surface area contributed by atoms with Gasteiger partial charge >= 0.3 is 0 Å². The molecule has 1 N–H and O–H groups in total. The Bertz CT molecular complexity index is 1370. The maximum absolute atomic E-state index is 6.07. The van der Waals surface area contributed by atoms with Crippen LogP contribution in [-0.2, 0) is 0 Å². The topological polar surface area (TPSA) is 51.6 Å². The molecule has 6 rings (SSSR count). The number of anilines is 1. The fourth-order valence-electron chi connectivity index (χ4n) is 5.74. The second-order valence-corrected chi connectivity index (χ2v) is 10.3. The van der Waals surface area contributed by atoms with E-state index in [0.717, 1.165) is 28.6 Å². The minimum absolute atomic E-state index is 0.0253. The largest absolute Gasteiger partial charge is 0.497 e. The van der Waals surface area contributed by atoms with Crippen molar-refractivity contribution < 1.29 is 9.47 Å². The number of nitrogens with one attached hydrogen (secondary N) is 1. The molecule has 2 fully saturated rings. The molecule has 4 aromatic rings. The van der Waals surface area contributed by atoms with E-state index >= 15 is 0 Å². The van der Waals surface area contributed by atoms with Crippen molar-refractivity contribution in [3.8, 4) is 17.2 Å². The summed E-state index contributed by atoms with van der Waals surface area (Å²) in [5.74, 6) is 2.32. The van der Waals surface area contributed by atoms with E-state index in [1.54, 1.807) is 7.11 Å². The van der Waals surface area contributed by atoms with Crippen LogP contribution in [0.2, 0.25) is 0 Å². The van der Waals surface area contributed by atoms with Crippen LogP contribution < -0.4 is 19.7 Å². The summed E-state index contributed by atoms with van der Waals surface area (Å²) in [6, 6.07) is 26.7. The lowest BCUT2D eigenvalue weighted by Gasteiger charge is -2.32. The van der Waals surface area contributed by atoms with Crippen LogP contribution in [0.3, 0.4) is 0 Å². The molecule has 2 aliphatic rings. The Hall–Kier alpha value is -3.84. The van der Waals surface area contributed by atoms with Crippen LogP contribution in [0.1, 0.15) is 61.6 Å². The number of methoxy groups -OCH3 is 1. The number of hydrogen-bond donors (Lipinski definition) is 1. The summed E-state index contributed by atoms with van der Waals surface area (Å²) in [4.78, 5) is 6.95. The number of thiocarbonyl (C=S) groups is 1. The highest BCUT2D eigenvalue weighted by Crippen LogP contribution is 2.44. The minimum Gasteiger partial charge on any atom is -0.497 e. The van der Waals surface area contributed by atoms with Gasteiger partial charge in [0.1, 0.15) is 23.3 Å². The van der Waals surface area contributed by atoms with E-state index < -0.39 is 0 Å². The number of benzene rings is 2. The molecule has 2 aromatic carbocycles. The molecule has 3 heterocycles. The first kappa shape index (κ1) is 24.5. The van der Waals surface area contributed by atoms with Crippen LogP contribution in [0, 0.1) is 0 Å². The van der Waals surface area contributed by atoms with Crippen molar-refractivity contribution in [1.29, 1.82) is 0 Å². The van der Waals surface area contributed by atoms with Crippen molar-refractivity contribution in [1.82, 2.24) is 14.9 Å². The maximum atomic E-state index is 6.07. The highest BCUT2D eigenvalue weighted by molar-refractivity contribution is 7.80. The predicted octanol–water partition coefficient (Wildman–Crippen LogP) is 7.37. The summed E-state index contributed by atoms with van der Waals surface area (Å²) in [5.41, 5.74) is 3.26. The molecule has 1 saturated carbocycles. The summed E-state index contributed by atoms with van der Waals surface area (Å²) >= 11 is 5.95. The summed E-state index contributed by atoms with van der Waals surface area (Å²) in [6.07, 6.45) is 10.4. The van der Waals surface area contributed by atoms with Crippen LogP contribution in [0.4, 0.5) is 5.69 Å². The van der Waals surface area contributed by atoms with E-state index in [9.17, 15) is 0 Å². The van der Waals surface area contributed by atoms with Gasteiger partial charge < -0.3 is 24.3 Å². The molecular weight excluding hydrogens is 492 g/mol.